The molecule has 0 bridgehead atoms. The molecule has 0 amide bonds. The third-order valence-corrected chi connectivity index (χ3v) is 6.10. The maximum Gasteiger partial charge on any atom is 0.315 e. The molecule has 1 radical (unpaired) electrons. The first-order valence-corrected chi connectivity index (χ1v) is 11.8. The molecular formula is C19H13FN5O6S2. The topological polar surface area (TPSA) is 171 Å². The summed E-state index contributed by atoms with van der Waals surface area (Å²) in [6.07, 6.45) is -1.18. The summed E-state index contributed by atoms with van der Waals surface area (Å²) in [7, 11) is -8.98. The van der Waals surface area contributed by atoms with Crippen LogP contribution in [0.15, 0.2) is 64.4 Å². The van der Waals surface area contributed by atoms with Crippen LogP contribution in [-0.2, 0) is 20.2 Å². The van der Waals surface area contributed by atoms with E-state index >= 15 is 0 Å². The number of rotatable bonds is 6. The lowest BCUT2D eigenvalue weighted by Crippen LogP contribution is -2.08. The van der Waals surface area contributed by atoms with E-state index in [1.807, 2.05) is 0 Å². The molecule has 0 spiro atoms. The largest absolute Gasteiger partial charge is 0.323 e. The highest BCUT2D eigenvalue weighted by Crippen LogP contribution is 2.28. The molecule has 3 aromatic carbocycles. The fourth-order valence-electron chi connectivity index (χ4n) is 2.95. The van der Waals surface area contributed by atoms with Gasteiger partial charge in [-0.1, -0.05) is 24.3 Å². The Labute approximate surface area is 186 Å². The Morgan fingerprint density at radius 1 is 0.818 bits per heavy atom. The molecule has 0 atom stereocenters. The van der Waals surface area contributed by atoms with Crippen LogP contribution in [0.1, 0.15) is 0 Å². The molecule has 4 aromatic rings. The Balaban J connectivity index is 1.70. The predicted molar refractivity (Wildman–Crippen MR) is 115 cm³/mol. The second-order valence-electron chi connectivity index (χ2n) is 6.55. The number of nitrogens with zero attached hydrogens (tertiary/aromatic N) is 3. The van der Waals surface area contributed by atoms with Crippen LogP contribution < -0.4 is 10.6 Å². The van der Waals surface area contributed by atoms with Crippen molar-refractivity contribution in [2.24, 2.45) is 0 Å². The van der Waals surface area contributed by atoms with Gasteiger partial charge in [-0.25, -0.2) is 0 Å². The number of halogens is 1. The summed E-state index contributed by atoms with van der Waals surface area (Å²) < 4.78 is 78.5. The third-order valence-electron chi connectivity index (χ3n) is 4.33. The minimum atomic E-state index is -4.57. The minimum absolute atomic E-state index is 0.0888. The average Bonchev–Trinajstić information content (AvgIpc) is 2.72. The number of fused-ring (bicyclic) bond motifs is 1. The zero-order chi connectivity index (χ0) is 23.8. The van der Waals surface area contributed by atoms with Crippen molar-refractivity contribution in [3.05, 3.63) is 66.7 Å². The van der Waals surface area contributed by atoms with E-state index in [1.165, 1.54) is 42.5 Å². The van der Waals surface area contributed by atoms with Gasteiger partial charge in [0, 0.05) is 11.1 Å². The van der Waals surface area contributed by atoms with E-state index in [1.54, 1.807) is 6.07 Å². The third kappa shape index (κ3) is 5.04. The number of nitrogens with one attached hydrogen (secondary N) is 2. The Morgan fingerprint density at radius 3 is 2.15 bits per heavy atom. The van der Waals surface area contributed by atoms with Gasteiger partial charge in [-0.2, -0.15) is 36.2 Å². The SMILES string of the molecule is O=S(=O)(O)c1ccc2c(Nc3nc(F)nc(Nc4ccccc4S(=O)(=O)O)n3)cc[c]c2c1. The lowest BCUT2D eigenvalue weighted by molar-refractivity contribution is 0.481. The van der Waals surface area contributed by atoms with E-state index in [2.05, 4.69) is 31.7 Å². The second-order valence-corrected chi connectivity index (χ2v) is 9.36. The fraction of sp³-hybridized carbons (Fsp3) is 0. The molecular weight excluding hydrogens is 477 g/mol. The summed E-state index contributed by atoms with van der Waals surface area (Å²) in [6.45, 7) is 0. The van der Waals surface area contributed by atoms with Gasteiger partial charge in [-0.3, -0.25) is 9.11 Å². The molecule has 1 heterocycles. The van der Waals surface area contributed by atoms with Crippen molar-refractivity contribution in [1.82, 2.24) is 15.0 Å². The first-order valence-electron chi connectivity index (χ1n) is 8.95. The summed E-state index contributed by atoms with van der Waals surface area (Å²) in [5.41, 5.74) is 0.273. The van der Waals surface area contributed by atoms with Gasteiger partial charge >= 0.3 is 6.08 Å². The van der Waals surface area contributed by atoms with Crippen LogP contribution in [0.2, 0.25) is 0 Å². The molecule has 0 fully saturated rings. The normalized spacial score (nSPS) is 12.0. The van der Waals surface area contributed by atoms with Gasteiger partial charge in [0.15, 0.2) is 0 Å². The van der Waals surface area contributed by atoms with Crippen molar-refractivity contribution in [3.63, 3.8) is 0 Å². The molecule has 0 saturated carbocycles. The van der Waals surface area contributed by atoms with E-state index in [4.69, 9.17) is 0 Å². The minimum Gasteiger partial charge on any atom is -0.323 e. The Hall–Kier alpha value is -3.72. The summed E-state index contributed by atoms with van der Waals surface area (Å²) in [5, 5.41) is 6.11. The number of hydrogen-bond acceptors (Lipinski definition) is 9. The fourth-order valence-corrected chi connectivity index (χ4v) is 4.10. The molecule has 0 saturated heterocycles. The smallest absolute Gasteiger partial charge is 0.315 e. The molecule has 4 rings (SSSR count). The van der Waals surface area contributed by atoms with Crippen molar-refractivity contribution >= 4 is 54.3 Å². The van der Waals surface area contributed by atoms with Gasteiger partial charge in [0.25, 0.3) is 20.2 Å². The first-order chi connectivity index (χ1) is 15.5. The first kappa shape index (κ1) is 22.5. The number of benzene rings is 3. The molecule has 0 unspecified atom stereocenters. The standard InChI is InChI=1S/C19H13FN5O6S2/c20-17-23-18(25-19(24-17)22-15-5-1-2-7-16(15)33(29,30)31)21-14-6-3-4-11-10-12(32(26,27)28)8-9-13(11)14/h1-3,5-10H,(H,26,27,28)(H,29,30,31)(H2,21,22,23,24,25). The Kier molecular flexibility index (Phi) is 5.67. The van der Waals surface area contributed by atoms with Gasteiger partial charge in [0.1, 0.15) is 4.90 Å². The molecule has 33 heavy (non-hydrogen) atoms. The van der Waals surface area contributed by atoms with Crippen LogP contribution in [0.5, 0.6) is 0 Å². The number of anilines is 4. The summed E-state index contributed by atoms with van der Waals surface area (Å²) in [5.74, 6) is -0.595. The van der Waals surface area contributed by atoms with Crippen LogP contribution in [0, 0.1) is 12.1 Å². The van der Waals surface area contributed by atoms with Crippen molar-refractivity contribution in [2.45, 2.75) is 9.79 Å². The van der Waals surface area contributed by atoms with Crippen molar-refractivity contribution in [2.75, 3.05) is 10.6 Å². The molecule has 0 aliphatic heterocycles. The molecule has 11 nitrogen and oxygen atoms in total. The lowest BCUT2D eigenvalue weighted by atomic mass is 10.1. The van der Waals surface area contributed by atoms with Gasteiger partial charge in [-0.15, -0.1) is 0 Å². The van der Waals surface area contributed by atoms with Gasteiger partial charge < -0.3 is 10.6 Å². The Morgan fingerprint density at radius 2 is 1.48 bits per heavy atom. The van der Waals surface area contributed by atoms with E-state index in [0.717, 1.165) is 6.07 Å². The second kappa shape index (κ2) is 8.32. The summed E-state index contributed by atoms with van der Waals surface area (Å²) in [4.78, 5) is 10.3. The van der Waals surface area contributed by atoms with Crippen molar-refractivity contribution < 1.29 is 30.3 Å². The maximum atomic E-state index is 14.1. The van der Waals surface area contributed by atoms with Crippen molar-refractivity contribution in [3.8, 4) is 0 Å². The number of hydrogen-bond donors (Lipinski definition) is 4. The summed E-state index contributed by atoms with van der Waals surface area (Å²) >= 11 is 0. The molecule has 0 aliphatic rings. The Bertz CT molecular complexity index is 1600. The summed E-state index contributed by atoms with van der Waals surface area (Å²) in [6, 6.07) is 15.0. The van der Waals surface area contributed by atoms with Gasteiger partial charge in [-0.05, 0) is 41.8 Å². The van der Waals surface area contributed by atoms with Crippen LogP contribution in [0.4, 0.5) is 27.7 Å². The van der Waals surface area contributed by atoms with Crippen LogP contribution in [0.3, 0.4) is 0 Å². The maximum absolute atomic E-state index is 14.1. The average molecular weight is 490 g/mol. The molecule has 169 valence electrons. The molecule has 0 aliphatic carbocycles. The number of para-hydroxylation sites is 1. The van der Waals surface area contributed by atoms with Gasteiger partial charge in [0.2, 0.25) is 11.9 Å². The molecule has 4 N–H and O–H groups in total. The predicted octanol–water partition coefficient (Wildman–Crippen LogP) is 2.94. The number of aromatic nitrogens is 3. The zero-order valence-electron chi connectivity index (χ0n) is 16.3. The highest BCUT2D eigenvalue weighted by molar-refractivity contribution is 7.86. The van der Waals surface area contributed by atoms with E-state index < -0.39 is 31.2 Å². The monoisotopic (exact) mass is 490 g/mol. The lowest BCUT2D eigenvalue weighted by Gasteiger charge is -2.11. The highest BCUT2D eigenvalue weighted by atomic mass is 32.2. The highest BCUT2D eigenvalue weighted by Gasteiger charge is 2.17. The van der Waals surface area contributed by atoms with E-state index in [-0.39, 0.29) is 22.5 Å². The van der Waals surface area contributed by atoms with Crippen LogP contribution in [-0.4, -0.2) is 40.9 Å². The van der Waals surface area contributed by atoms with Gasteiger partial charge in [0.05, 0.1) is 10.6 Å². The van der Waals surface area contributed by atoms with E-state index in [0.29, 0.717) is 16.5 Å². The quantitative estimate of drug-likeness (QED) is 0.293. The van der Waals surface area contributed by atoms with Crippen LogP contribution in [0.25, 0.3) is 10.8 Å². The molecule has 1 aromatic heterocycles. The van der Waals surface area contributed by atoms with Crippen molar-refractivity contribution in [1.29, 1.82) is 0 Å². The zero-order valence-corrected chi connectivity index (χ0v) is 17.9. The van der Waals surface area contributed by atoms with E-state index in [9.17, 15) is 30.3 Å². The molecule has 14 heteroatoms. The van der Waals surface area contributed by atoms with Crippen LogP contribution >= 0.6 is 0 Å².